The predicted molar refractivity (Wildman–Crippen MR) is 67.8 cm³/mol. The van der Waals surface area contributed by atoms with Crippen molar-refractivity contribution in [2.75, 3.05) is 5.73 Å². The summed E-state index contributed by atoms with van der Waals surface area (Å²) in [6.45, 7) is 0. The van der Waals surface area contributed by atoms with Gasteiger partial charge in [-0.2, -0.15) is 5.10 Å². The van der Waals surface area contributed by atoms with Crippen LogP contribution in [0.25, 0.3) is 0 Å². The van der Waals surface area contributed by atoms with Gasteiger partial charge in [-0.25, -0.2) is 4.39 Å². The van der Waals surface area contributed by atoms with Crippen molar-refractivity contribution in [1.29, 1.82) is 0 Å². The number of carbonyl (C=O) groups excluding carboxylic acids is 1. The fraction of sp³-hybridized carbons (Fsp3) is 0.231. The van der Waals surface area contributed by atoms with Crippen LogP contribution in [-0.2, 0) is 5.54 Å². The van der Waals surface area contributed by atoms with Gasteiger partial charge in [-0.05, 0) is 18.9 Å². The summed E-state index contributed by atoms with van der Waals surface area (Å²) in [6, 6.07) is 6.48. The van der Waals surface area contributed by atoms with E-state index in [0.29, 0.717) is 5.56 Å². The second kappa shape index (κ2) is 4.08. The van der Waals surface area contributed by atoms with E-state index in [9.17, 15) is 9.18 Å². The third kappa shape index (κ3) is 1.95. The molecule has 6 heteroatoms. The number of aromatic nitrogens is 2. The van der Waals surface area contributed by atoms with Crippen molar-refractivity contribution in [1.82, 2.24) is 15.5 Å². The summed E-state index contributed by atoms with van der Waals surface area (Å²) >= 11 is 0. The van der Waals surface area contributed by atoms with Crippen molar-refractivity contribution >= 4 is 11.7 Å². The van der Waals surface area contributed by atoms with E-state index in [1.54, 1.807) is 18.2 Å². The molecule has 1 fully saturated rings. The first-order valence-electron chi connectivity index (χ1n) is 5.99. The molecule has 3 rings (SSSR count). The summed E-state index contributed by atoms with van der Waals surface area (Å²) in [6.07, 6.45) is 2.80. The summed E-state index contributed by atoms with van der Waals surface area (Å²) in [5.41, 5.74) is 5.79. The summed E-state index contributed by atoms with van der Waals surface area (Å²) in [4.78, 5) is 12.1. The van der Waals surface area contributed by atoms with Crippen molar-refractivity contribution < 1.29 is 9.18 Å². The molecule has 0 spiro atoms. The molecule has 5 nitrogen and oxygen atoms in total. The van der Waals surface area contributed by atoms with Crippen molar-refractivity contribution in [3.05, 3.63) is 47.4 Å². The Labute approximate surface area is 109 Å². The van der Waals surface area contributed by atoms with E-state index in [1.807, 2.05) is 0 Å². The van der Waals surface area contributed by atoms with E-state index in [0.717, 1.165) is 12.8 Å². The number of benzene rings is 1. The zero-order valence-electron chi connectivity index (χ0n) is 10.1. The lowest BCUT2D eigenvalue weighted by atomic mass is 10.0. The summed E-state index contributed by atoms with van der Waals surface area (Å²) in [5.74, 6) is -0.436. The third-order valence-corrected chi connectivity index (χ3v) is 3.41. The van der Waals surface area contributed by atoms with Crippen LogP contribution in [0.5, 0.6) is 0 Å². The molecule has 0 atom stereocenters. The summed E-state index contributed by atoms with van der Waals surface area (Å²) < 4.78 is 13.8. The first kappa shape index (κ1) is 11.7. The number of nitrogens with zero attached hydrogens (tertiary/aromatic N) is 1. The Kier molecular flexibility index (Phi) is 2.51. The summed E-state index contributed by atoms with van der Waals surface area (Å²) in [5, 5.41) is 9.05. The molecule has 98 valence electrons. The minimum atomic E-state index is -0.605. The van der Waals surface area contributed by atoms with Gasteiger partial charge in [-0.1, -0.05) is 18.2 Å². The highest BCUT2D eigenvalue weighted by atomic mass is 19.1. The highest BCUT2D eigenvalue weighted by molar-refractivity contribution is 5.98. The Balaban J connectivity index is 1.86. The predicted octanol–water partition coefficient (Wildman–Crippen LogP) is 1.55. The second-order valence-electron chi connectivity index (χ2n) is 4.71. The number of nitrogen functional groups attached to an aromatic ring is 1. The normalized spacial score (nSPS) is 16.1. The van der Waals surface area contributed by atoms with Gasteiger partial charge in [0.15, 0.2) is 0 Å². The van der Waals surface area contributed by atoms with E-state index in [4.69, 9.17) is 5.73 Å². The molecule has 2 aromatic rings. The Morgan fingerprint density at radius 3 is 2.74 bits per heavy atom. The lowest BCUT2D eigenvalue weighted by molar-refractivity contribution is 0.0931. The zero-order valence-corrected chi connectivity index (χ0v) is 10.1. The molecule has 4 N–H and O–H groups in total. The van der Waals surface area contributed by atoms with Gasteiger partial charge in [0.1, 0.15) is 17.2 Å². The summed E-state index contributed by atoms with van der Waals surface area (Å²) in [7, 11) is 0. The maximum Gasteiger partial charge on any atom is 0.257 e. The van der Waals surface area contributed by atoms with E-state index in [2.05, 4.69) is 15.5 Å². The first-order valence-corrected chi connectivity index (χ1v) is 5.99. The van der Waals surface area contributed by atoms with E-state index in [1.165, 1.54) is 12.3 Å². The van der Waals surface area contributed by atoms with Gasteiger partial charge in [0.25, 0.3) is 5.91 Å². The number of hydrogen-bond acceptors (Lipinski definition) is 3. The average Bonchev–Trinajstić information content (AvgIpc) is 3.02. The molecule has 1 aromatic carbocycles. The zero-order chi connectivity index (χ0) is 13.5. The molecule has 19 heavy (non-hydrogen) atoms. The molecule has 1 saturated carbocycles. The van der Waals surface area contributed by atoms with Gasteiger partial charge in [-0.15, -0.1) is 0 Å². The van der Waals surface area contributed by atoms with Gasteiger partial charge in [0.2, 0.25) is 0 Å². The molecule has 0 bridgehead atoms. The first-order chi connectivity index (χ1) is 9.12. The van der Waals surface area contributed by atoms with E-state index >= 15 is 0 Å². The van der Waals surface area contributed by atoms with Gasteiger partial charge < -0.3 is 11.1 Å². The average molecular weight is 260 g/mol. The fourth-order valence-electron chi connectivity index (χ4n) is 2.20. The van der Waals surface area contributed by atoms with Crippen LogP contribution >= 0.6 is 0 Å². The van der Waals surface area contributed by atoms with Crippen LogP contribution in [-0.4, -0.2) is 16.1 Å². The molecular weight excluding hydrogens is 247 g/mol. The lowest BCUT2D eigenvalue weighted by Crippen LogP contribution is -2.35. The van der Waals surface area contributed by atoms with Gasteiger partial charge in [0.05, 0.1) is 11.7 Å². The third-order valence-electron chi connectivity index (χ3n) is 3.41. The van der Waals surface area contributed by atoms with Crippen LogP contribution in [0, 0.1) is 5.82 Å². The number of amides is 1. The minimum absolute atomic E-state index is 0.210. The van der Waals surface area contributed by atoms with Crippen molar-refractivity contribution in [2.24, 2.45) is 0 Å². The molecule has 0 unspecified atom stereocenters. The Bertz CT molecular complexity index is 633. The number of halogens is 1. The number of anilines is 1. The minimum Gasteiger partial charge on any atom is -0.383 e. The van der Waals surface area contributed by atoms with Crippen LogP contribution in [0.1, 0.15) is 28.8 Å². The van der Waals surface area contributed by atoms with Gasteiger partial charge >= 0.3 is 0 Å². The molecule has 0 saturated heterocycles. The number of nitrogens with two attached hydrogens (primary N) is 1. The Morgan fingerprint density at radius 2 is 2.16 bits per heavy atom. The molecule has 1 aliphatic rings. The quantitative estimate of drug-likeness (QED) is 0.782. The Hall–Kier alpha value is -2.37. The van der Waals surface area contributed by atoms with Crippen LogP contribution in [0.4, 0.5) is 10.2 Å². The van der Waals surface area contributed by atoms with Gasteiger partial charge in [-0.3, -0.25) is 9.89 Å². The molecule has 1 aliphatic carbocycles. The van der Waals surface area contributed by atoms with Crippen LogP contribution in [0.2, 0.25) is 0 Å². The number of rotatable bonds is 3. The molecule has 0 radical (unpaired) electrons. The fourth-order valence-corrected chi connectivity index (χ4v) is 2.20. The largest absolute Gasteiger partial charge is 0.383 e. The highest BCUT2D eigenvalue weighted by Gasteiger charge is 2.47. The maximum absolute atomic E-state index is 13.8. The molecule has 1 heterocycles. The van der Waals surface area contributed by atoms with Crippen LogP contribution < -0.4 is 11.1 Å². The molecule has 0 aliphatic heterocycles. The number of hydrogen-bond donors (Lipinski definition) is 3. The molecule has 1 aromatic heterocycles. The van der Waals surface area contributed by atoms with Crippen molar-refractivity contribution in [3.63, 3.8) is 0 Å². The van der Waals surface area contributed by atoms with E-state index in [-0.39, 0.29) is 23.1 Å². The second-order valence-corrected chi connectivity index (χ2v) is 4.71. The lowest BCUT2D eigenvalue weighted by Gasteiger charge is -2.18. The topological polar surface area (TPSA) is 83.8 Å². The monoisotopic (exact) mass is 260 g/mol. The smallest absolute Gasteiger partial charge is 0.257 e. The van der Waals surface area contributed by atoms with Crippen LogP contribution in [0.15, 0.2) is 30.5 Å². The number of carbonyl (C=O) groups is 1. The Morgan fingerprint density at radius 1 is 1.42 bits per heavy atom. The SMILES string of the molecule is Nc1[nH]ncc1C(=O)NC1(c2ccccc2F)CC1. The van der Waals surface area contributed by atoms with Crippen molar-refractivity contribution in [2.45, 2.75) is 18.4 Å². The molecule has 1 amide bonds. The maximum atomic E-state index is 13.8. The van der Waals surface area contributed by atoms with Crippen LogP contribution in [0.3, 0.4) is 0 Å². The highest BCUT2D eigenvalue weighted by Crippen LogP contribution is 2.46. The van der Waals surface area contributed by atoms with Gasteiger partial charge in [0, 0.05) is 5.56 Å². The standard InChI is InChI=1S/C13H13FN4O/c14-10-4-2-1-3-9(10)13(5-6-13)17-12(19)8-7-16-18-11(8)15/h1-4,7H,5-6H2,(H,17,19)(H3,15,16,18). The number of H-pyrrole nitrogens is 1. The number of aromatic amines is 1. The number of nitrogens with one attached hydrogen (secondary N) is 2. The molecular formula is C13H13FN4O. The van der Waals surface area contributed by atoms with Crippen molar-refractivity contribution in [3.8, 4) is 0 Å². The van der Waals surface area contributed by atoms with E-state index < -0.39 is 5.54 Å².